The Balaban J connectivity index is 0.952. The van der Waals surface area contributed by atoms with Crippen LogP contribution >= 0.6 is 0 Å². The highest BCUT2D eigenvalue weighted by molar-refractivity contribution is 6.13. The number of nitrogens with zero attached hydrogens (tertiary/aromatic N) is 1. The summed E-state index contributed by atoms with van der Waals surface area (Å²) in [5.74, 6) is 0. The molecular formula is C54H33NO3. The smallest absolute Gasteiger partial charge is 0.143 e. The van der Waals surface area contributed by atoms with E-state index in [4.69, 9.17) is 13.3 Å². The molecule has 9 aromatic carbocycles. The Labute approximate surface area is 333 Å². The maximum atomic E-state index is 6.48. The van der Waals surface area contributed by atoms with E-state index in [1.807, 2.05) is 36.4 Å². The van der Waals surface area contributed by atoms with Crippen LogP contribution in [0.4, 0.5) is 17.1 Å². The number of fused-ring (bicyclic) bond motifs is 9. The summed E-state index contributed by atoms with van der Waals surface area (Å²) in [6, 6.07) is 70.2. The third-order valence-corrected chi connectivity index (χ3v) is 11.5. The highest BCUT2D eigenvalue weighted by Crippen LogP contribution is 2.43. The van der Waals surface area contributed by atoms with Gasteiger partial charge in [0.05, 0.1) is 0 Å². The molecule has 0 unspecified atom stereocenters. The highest BCUT2D eigenvalue weighted by Gasteiger charge is 2.18. The van der Waals surface area contributed by atoms with Gasteiger partial charge in [-0.15, -0.1) is 0 Å². The molecule has 0 radical (unpaired) electrons. The highest BCUT2D eigenvalue weighted by atomic mass is 16.3. The van der Waals surface area contributed by atoms with Gasteiger partial charge in [0.25, 0.3) is 0 Å². The van der Waals surface area contributed by atoms with Crippen LogP contribution in [-0.4, -0.2) is 0 Å². The number of hydrogen-bond donors (Lipinski definition) is 0. The number of para-hydroxylation sites is 3. The molecule has 0 spiro atoms. The first-order chi connectivity index (χ1) is 28.7. The molecule has 12 rings (SSSR count). The molecule has 0 fully saturated rings. The van der Waals surface area contributed by atoms with E-state index in [0.717, 1.165) is 116 Å². The van der Waals surface area contributed by atoms with Crippen molar-refractivity contribution in [1.29, 1.82) is 0 Å². The van der Waals surface area contributed by atoms with E-state index >= 15 is 0 Å². The van der Waals surface area contributed by atoms with Crippen molar-refractivity contribution in [1.82, 2.24) is 0 Å². The molecule has 0 aliphatic heterocycles. The summed E-state index contributed by atoms with van der Waals surface area (Å²) in [5, 5.41) is 6.69. The second-order valence-corrected chi connectivity index (χ2v) is 14.8. The van der Waals surface area contributed by atoms with Crippen LogP contribution < -0.4 is 4.90 Å². The van der Waals surface area contributed by atoms with Crippen molar-refractivity contribution in [2.75, 3.05) is 4.90 Å². The van der Waals surface area contributed by atoms with Crippen molar-refractivity contribution < 1.29 is 13.3 Å². The van der Waals surface area contributed by atoms with E-state index < -0.39 is 0 Å². The van der Waals surface area contributed by atoms with E-state index in [0.29, 0.717) is 0 Å². The predicted molar refractivity (Wildman–Crippen MR) is 239 cm³/mol. The van der Waals surface area contributed by atoms with Crippen molar-refractivity contribution in [3.8, 4) is 33.4 Å². The summed E-state index contributed by atoms with van der Waals surface area (Å²) in [5.41, 5.74) is 15.2. The second kappa shape index (κ2) is 12.9. The first kappa shape index (κ1) is 32.4. The Morgan fingerprint density at radius 2 is 0.828 bits per heavy atom. The van der Waals surface area contributed by atoms with Gasteiger partial charge < -0.3 is 18.2 Å². The number of furan rings is 3. The first-order valence-electron chi connectivity index (χ1n) is 19.6. The molecule has 0 atom stereocenters. The fourth-order valence-electron chi connectivity index (χ4n) is 8.73. The molecule has 3 heterocycles. The van der Waals surface area contributed by atoms with Gasteiger partial charge in [-0.2, -0.15) is 0 Å². The van der Waals surface area contributed by atoms with Crippen LogP contribution in [0.15, 0.2) is 213 Å². The van der Waals surface area contributed by atoms with Gasteiger partial charge >= 0.3 is 0 Å². The molecule has 0 saturated heterocycles. The fourth-order valence-corrected chi connectivity index (χ4v) is 8.73. The number of anilines is 3. The lowest BCUT2D eigenvalue weighted by Crippen LogP contribution is -2.09. The summed E-state index contributed by atoms with van der Waals surface area (Å²) in [4.78, 5) is 2.30. The van der Waals surface area contributed by atoms with Crippen molar-refractivity contribution in [3.05, 3.63) is 200 Å². The molecule has 0 bridgehead atoms. The Morgan fingerprint density at radius 3 is 1.64 bits per heavy atom. The third kappa shape index (κ3) is 5.16. The minimum Gasteiger partial charge on any atom is -0.456 e. The maximum Gasteiger partial charge on any atom is 0.143 e. The van der Waals surface area contributed by atoms with Crippen LogP contribution in [0.3, 0.4) is 0 Å². The van der Waals surface area contributed by atoms with Crippen molar-refractivity contribution in [3.63, 3.8) is 0 Å². The zero-order valence-corrected chi connectivity index (χ0v) is 31.2. The van der Waals surface area contributed by atoms with Gasteiger partial charge in [0.2, 0.25) is 0 Å². The molecule has 3 aromatic heterocycles. The Kier molecular flexibility index (Phi) is 7.20. The fraction of sp³-hybridized carbons (Fsp3) is 0. The van der Waals surface area contributed by atoms with Gasteiger partial charge in [-0.25, -0.2) is 0 Å². The SMILES string of the molecule is c1ccc(-c2cccc3c2oc2ccc(-c4ccc(N(c5ccc(-c6cccc7oc8ccccc8c67)cc5)c5ccc6c(c5)oc5ccccc56)cc4)cc23)cc1. The van der Waals surface area contributed by atoms with Crippen LogP contribution in [0.2, 0.25) is 0 Å². The number of benzene rings is 9. The summed E-state index contributed by atoms with van der Waals surface area (Å²) in [7, 11) is 0. The number of hydrogen-bond acceptors (Lipinski definition) is 4. The third-order valence-electron chi connectivity index (χ3n) is 11.5. The van der Waals surface area contributed by atoms with E-state index in [1.54, 1.807) is 0 Å². The van der Waals surface area contributed by atoms with Gasteiger partial charge in [0, 0.05) is 61.0 Å². The van der Waals surface area contributed by atoms with E-state index in [9.17, 15) is 0 Å². The maximum absolute atomic E-state index is 6.48. The van der Waals surface area contributed by atoms with E-state index in [-0.39, 0.29) is 0 Å². The van der Waals surface area contributed by atoms with Crippen LogP contribution in [0.25, 0.3) is 99.2 Å². The Bertz CT molecular complexity index is 3500. The minimum atomic E-state index is 0.853. The summed E-state index contributed by atoms with van der Waals surface area (Å²) >= 11 is 0. The lowest BCUT2D eigenvalue weighted by Gasteiger charge is -2.26. The minimum absolute atomic E-state index is 0.853. The molecule has 272 valence electrons. The van der Waals surface area contributed by atoms with Gasteiger partial charge in [-0.05, 0) is 94.5 Å². The quantitative estimate of drug-likeness (QED) is 0.170. The van der Waals surface area contributed by atoms with Crippen molar-refractivity contribution in [2.45, 2.75) is 0 Å². The molecule has 58 heavy (non-hydrogen) atoms. The lowest BCUT2D eigenvalue weighted by atomic mass is 9.99. The number of rotatable bonds is 6. The second-order valence-electron chi connectivity index (χ2n) is 14.8. The summed E-state index contributed by atoms with van der Waals surface area (Å²) in [6.45, 7) is 0. The van der Waals surface area contributed by atoms with Crippen LogP contribution in [0, 0.1) is 0 Å². The van der Waals surface area contributed by atoms with Gasteiger partial charge in [-0.3, -0.25) is 0 Å². The molecule has 4 nitrogen and oxygen atoms in total. The van der Waals surface area contributed by atoms with Gasteiger partial charge in [-0.1, -0.05) is 127 Å². The van der Waals surface area contributed by atoms with Crippen molar-refractivity contribution in [2.24, 2.45) is 0 Å². The lowest BCUT2D eigenvalue weighted by molar-refractivity contribution is 0.668. The molecule has 0 amide bonds. The zero-order chi connectivity index (χ0) is 38.2. The Morgan fingerprint density at radius 1 is 0.276 bits per heavy atom. The van der Waals surface area contributed by atoms with E-state index in [1.165, 1.54) is 0 Å². The topological polar surface area (TPSA) is 42.7 Å². The largest absolute Gasteiger partial charge is 0.456 e. The van der Waals surface area contributed by atoms with Crippen LogP contribution in [-0.2, 0) is 0 Å². The molecule has 0 N–H and O–H groups in total. The summed E-state index contributed by atoms with van der Waals surface area (Å²) in [6.07, 6.45) is 0. The van der Waals surface area contributed by atoms with Gasteiger partial charge in [0.1, 0.15) is 33.5 Å². The molecule has 0 aliphatic carbocycles. The first-order valence-corrected chi connectivity index (χ1v) is 19.6. The monoisotopic (exact) mass is 743 g/mol. The van der Waals surface area contributed by atoms with E-state index in [2.05, 4.69) is 169 Å². The van der Waals surface area contributed by atoms with Crippen LogP contribution in [0.1, 0.15) is 0 Å². The standard InChI is InChI=1S/C54H33NO3/c1-2-10-35(11-3-1)42-15-8-16-45-47-32-37(24-31-50(47)58-54(42)45)34-20-25-38(26-21-34)55(40-29-30-44-43-12-4-6-17-48(43)57-52(44)33-40)39-27-22-36(23-28-39)41-14-9-19-51-53(41)46-13-5-7-18-49(46)56-51/h1-33H. The average molecular weight is 744 g/mol. The predicted octanol–water partition coefficient (Wildman–Crippen LogP) is 15.9. The molecular weight excluding hydrogens is 711 g/mol. The molecule has 12 aromatic rings. The summed E-state index contributed by atoms with van der Waals surface area (Å²) < 4.78 is 19.1. The molecule has 0 saturated carbocycles. The van der Waals surface area contributed by atoms with Crippen molar-refractivity contribution >= 4 is 82.9 Å². The van der Waals surface area contributed by atoms with Crippen LogP contribution in [0.5, 0.6) is 0 Å². The molecule has 4 heteroatoms. The Hall–Kier alpha value is -7.82. The normalized spacial score (nSPS) is 11.8. The zero-order valence-electron chi connectivity index (χ0n) is 31.2. The molecule has 0 aliphatic rings. The average Bonchev–Trinajstić information content (AvgIpc) is 3.98. The van der Waals surface area contributed by atoms with Gasteiger partial charge in [0.15, 0.2) is 0 Å².